The average molecular weight is 437 g/mol. The fraction of sp³-hybridized carbons (Fsp3) is 0.619. The van der Waals surface area contributed by atoms with E-state index in [2.05, 4.69) is 5.32 Å². The number of carbonyl (C=O) groups excluding carboxylic acids is 2. The van der Waals surface area contributed by atoms with Crippen LogP contribution in [0.2, 0.25) is 0 Å². The molecule has 0 aromatic heterocycles. The number of hydrogen-bond acceptors (Lipinski definition) is 5. The van der Waals surface area contributed by atoms with Crippen molar-refractivity contribution in [1.29, 1.82) is 0 Å². The summed E-state index contributed by atoms with van der Waals surface area (Å²) in [5.74, 6) is -0.141. The number of benzene rings is 1. The molecular weight excluding hydrogens is 404 g/mol. The van der Waals surface area contributed by atoms with Crippen LogP contribution in [0.1, 0.15) is 33.1 Å². The van der Waals surface area contributed by atoms with Crippen molar-refractivity contribution in [3.63, 3.8) is 0 Å². The second kappa shape index (κ2) is 9.89. The SMILES string of the molecule is CC(C)NC(=O)CN1CCN(C(=O)C2CCCCN2S(=O)(=O)c2ccccc2)CC1. The highest BCUT2D eigenvalue weighted by molar-refractivity contribution is 7.89. The van der Waals surface area contributed by atoms with Gasteiger partial charge >= 0.3 is 0 Å². The first-order chi connectivity index (χ1) is 14.3. The molecule has 0 saturated carbocycles. The molecule has 1 N–H and O–H groups in total. The van der Waals surface area contributed by atoms with Gasteiger partial charge in [0.05, 0.1) is 11.4 Å². The van der Waals surface area contributed by atoms with Gasteiger partial charge in [-0.3, -0.25) is 14.5 Å². The molecule has 0 radical (unpaired) electrons. The van der Waals surface area contributed by atoms with Crippen molar-refractivity contribution in [2.24, 2.45) is 0 Å². The molecule has 1 unspecified atom stereocenters. The van der Waals surface area contributed by atoms with Crippen molar-refractivity contribution in [1.82, 2.24) is 19.4 Å². The predicted octanol–water partition coefficient (Wildman–Crippen LogP) is 0.899. The maximum absolute atomic E-state index is 13.2. The Morgan fingerprint density at radius 2 is 1.70 bits per heavy atom. The van der Waals surface area contributed by atoms with E-state index in [1.807, 2.05) is 18.7 Å². The van der Waals surface area contributed by atoms with E-state index < -0.39 is 16.1 Å². The van der Waals surface area contributed by atoms with Gasteiger partial charge in [-0.25, -0.2) is 8.42 Å². The summed E-state index contributed by atoms with van der Waals surface area (Å²) in [7, 11) is -3.71. The number of carbonyl (C=O) groups is 2. The minimum Gasteiger partial charge on any atom is -0.353 e. The van der Waals surface area contributed by atoms with E-state index >= 15 is 0 Å². The minimum absolute atomic E-state index is 0.0165. The van der Waals surface area contributed by atoms with E-state index in [0.29, 0.717) is 45.7 Å². The second-order valence-corrected chi connectivity index (χ2v) is 10.2. The van der Waals surface area contributed by atoms with Crippen LogP contribution in [0.3, 0.4) is 0 Å². The third-order valence-corrected chi connectivity index (χ3v) is 7.51. The van der Waals surface area contributed by atoms with Gasteiger partial charge in [0, 0.05) is 38.8 Å². The molecule has 2 amide bonds. The number of rotatable bonds is 6. The van der Waals surface area contributed by atoms with Crippen molar-refractivity contribution < 1.29 is 18.0 Å². The van der Waals surface area contributed by atoms with Gasteiger partial charge in [0.2, 0.25) is 21.8 Å². The van der Waals surface area contributed by atoms with Gasteiger partial charge < -0.3 is 10.2 Å². The molecule has 2 aliphatic rings. The van der Waals surface area contributed by atoms with Crippen LogP contribution in [0.5, 0.6) is 0 Å². The van der Waals surface area contributed by atoms with Crippen molar-refractivity contribution in [2.45, 2.75) is 50.1 Å². The first-order valence-corrected chi connectivity index (χ1v) is 12.1. The van der Waals surface area contributed by atoms with Gasteiger partial charge in [0.15, 0.2) is 0 Å². The number of nitrogens with one attached hydrogen (secondary N) is 1. The summed E-state index contributed by atoms with van der Waals surface area (Å²) < 4.78 is 27.7. The van der Waals surface area contributed by atoms with Gasteiger partial charge in [-0.05, 0) is 38.8 Å². The molecule has 1 atom stereocenters. The Morgan fingerprint density at radius 3 is 2.33 bits per heavy atom. The summed E-state index contributed by atoms with van der Waals surface area (Å²) in [6.45, 7) is 6.75. The van der Waals surface area contributed by atoms with Crippen LogP contribution >= 0.6 is 0 Å². The summed E-state index contributed by atoms with van der Waals surface area (Å²) in [4.78, 5) is 29.2. The Bertz CT molecular complexity index is 836. The van der Waals surface area contributed by atoms with Gasteiger partial charge in [-0.1, -0.05) is 24.6 Å². The fourth-order valence-electron chi connectivity index (χ4n) is 4.08. The van der Waals surface area contributed by atoms with E-state index in [1.54, 1.807) is 35.2 Å². The largest absolute Gasteiger partial charge is 0.353 e. The number of nitrogens with zero attached hydrogens (tertiary/aromatic N) is 3. The molecule has 1 aromatic carbocycles. The summed E-state index contributed by atoms with van der Waals surface area (Å²) in [6.07, 6.45) is 2.14. The Balaban J connectivity index is 1.63. The Kier molecular flexibility index (Phi) is 7.49. The average Bonchev–Trinajstić information content (AvgIpc) is 2.74. The topological polar surface area (TPSA) is 90.0 Å². The van der Waals surface area contributed by atoms with Crippen molar-refractivity contribution in [3.05, 3.63) is 30.3 Å². The lowest BCUT2D eigenvalue weighted by atomic mass is 10.0. The number of amides is 2. The lowest BCUT2D eigenvalue weighted by Gasteiger charge is -2.40. The van der Waals surface area contributed by atoms with Gasteiger partial charge in [0.1, 0.15) is 6.04 Å². The van der Waals surface area contributed by atoms with Crippen molar-refractivity contribution >= 4 is 21.8 Å². The highest BCUT2D eigenvalue weighted by Gasteiger charge is 2.40. The van der Waals surface area contributed by atoms with Crippen LogP contribution < -0.4 is 5.32 Å². The smallest absolute Gasteiger partial charge is 0.243 e. The lowest BCUT2D eigenvalue weighted by molar-refractivity contribution is -0.138. The molecule has 1 aromatic rings. The molecule has 0 aliphatic carbocycles. The number of piperidine rings is 1. The predicted molar refractivity (Wildman–Crippen MR) is 114 cm³/mol. The Hall–Kier alpha value is -1.97. The third-order valence-electron chi connectivity index (χ3n) is 5.59. The molecule has 30 heavy (non-hydrogen) atoms. The van der Waals surface area contributed by atoms with Gasteiger partial charge in [-0.15, -0.1) is 0 Å². The van der Waals surface area contributed by atoms with Crippen LogP contribution in [0.25, 0.3) is 0 Å². The van der Waals surface area contributed by atoms with Crippen LogP contribution in [0.4, 0.5) is 0 Å². The standard InChI is InChI=1S/C21H32N4O4S/c1-17(2)22-20(26)16-23-12-14-24(15-13-23)21(27)19-10-6-7-11-25(19)30(28,29)18-8-4-3-5-9-18/h3-5,8-9,17,19H,6-7,10-16H2,1-2H3,(H,22,26). The molecule has 2 fully saturated rings. The van der Waals surface area contributed by atoms with Crippen LogP contribution in [0, 0.1) is 0 Å². The number of sulfonamides is 1. The van der Waals surface area contributed by atoms with E-state index in [9.17, 15) is 18.0 Å². The Labute approximate surface area is 179 Å². The minimum atomic E-state index is -3.71. The summed E-state index contributed by atoms with van der Waals surface area (Å²) >= 11 is 0. The van der Waals surface area contributed by atoms with Crippen molar-refractivity contribution in [2.75, 3.05) is 39.3 Å². The first kappa shape index (κ1) is 22.7. The molecule has 0 spiro atoms. The second-order valence-electron chi connectivity index (χ2n) is 8.26. The zero-order valence-corrected chi connectivity index (χ0v) is 18.6. The molecular formula is C21H32N4O4S. The van der Waals surface area contributed by atoms with Gasteiger partial charge in [0.25, 0.3) is 0 Å². The molecule has 2 heterocycles. The maximum Gasteiger partial charge on any atom is 0.243 e. The fourth-order valence-corrected chi connectivity index (χ4v) is 5.75. The molecule has 0 bridgehead atoms. The molecule has 8 nitrogen and oxygen atoms in total. The Morgan fingerprint density at radius 1 is 1.03 bits per heavy atom. The first-order valence-electron chi connectivity index (χ1n) is 10.7. The van der Waals surface area contributed by atoms with Crippen LogP contribution in [-0.4, -0.2) is 85.7 Å². The zero-order valence-electron chi connectivity index (χ0n) is 17.8. The van der Waals surface area contributed by atoms with E-state index in [1.165, 1.54) is 4.31 Å². The maximum atomic E-state index is 13.2. The monoisotopic (exact) mass is 436 g/mol. The van der Waals surface area contributed by atoms with Crippen LogP contribution in [-0.2, 0) is 19.6 Å². The number of hydrogen-bond donors (Lipinski definition) is 1. The molecule has 9 heteroatoms. The lowest BCUT2D eigenvalue weighted by Crippen LogP contribution is -2.57. The van der Waals surface area contributed by atoms with E-state index in [-0.39, 0.29) is 22.8 Å². The van der Waals surface area contributed by atoms with Crippen LogP contribution in [0.15, 0.2) is 35.2 Å². The molecule has 2 saturated heterocycles. The summed E-state index contributed by atoms with van der Waals surface area (Å²) in [6, 6.07) is 7.77. The molecule has 2 aliphatic heterocycles. The number of piperazine rings is 1. The quantitative estimate of drug-likeness (QED) is 0.716. The highest BCUT2D eigenvalue weighted by Crippen LogP contribution is 2.26. The zero-order chi connectivity index (χ0) is 21.7. The third kappa shape index (κ3) is 5.39. The molecule has 166 valence electrons. The van der Waals surface area contributed by atoms with E-state index in [4.69, 9.17) is 0 Å². The summed E-state index contributed by atoms with van der Waals surface area (Å²) in [5.41, 5.74) is 0. The van der Waals surface area contributed by atoms with Gasteiger partial charge in [-0.2, -0.15) is 4.31 Å². The normalized spacial score (nSPS) is 21.6. The van der Waals surface area contributed by atoms with Crippen molar-refractivity contribution in [3.8, 4) is 0 Å². The highest BCUT2D eigenvalue weighted by atomic mass is 32.2. The summed E-state index contributed by atoms with van der Waals surface area (Å²) in [5, 5.41) is 2.88. The van der Waals surface area contributed by atoms with E-state index in [0.717, 1.165) is 12.8 Å². The molecule has 3 rings (SSSR count).